The summed E-state index contributed by atoms with van der Waals surface area (Å²) >= 11 is 7.22. The molecule has 1 atom stereocenters. The summed E-state index contributed by atoms with van der Waals surface area (Å²) in [5, 5.41) is 1.90. The fraction of sp³-hybridized carbons (Fsp3) is 0.375. The third-order valence-electron chi connectivity index (χ3n) is 6.42. The molecule has 0 bridgehead atoms. The lowest BCUT2D eigenvalue weighted by Gasteiger charge is -2.31. The molecule has 1 fully saturated rings. The Bertz CT molecular complexity index is 1360. The smallest absolute Gasteiger partial charge is 0.416 e. The number of aromatic nitrogens is 1. The third-order valence-corrected chi connectivity index (χ3v) is 8.91. The quantitative estimate of drug-likeness (QED) is 0.354. The van der Waals surface area contributed by atoms with E-state index >= 15 is 0 Å². The number of fused-ring (bicyclic) bond motifs is 1. The standard InChI is InChI=1S/C24H23ClF3N3O4S2/c25-31-9-5-15(6-10-31)19-13-16(24(26,27)28)1-4-20(19)35-21-7-11-34-22-14-17(2-3-18(21)22)37(32,33)30-23-29-8-12-36-23/h1-4,8,12-15,21H,5-7,9-11H2,(H,29,30). The Balaban J connectivity index is 1.43. The molecule has 1 saturated heterocycles. The first-order chi connectivity index (χ1) is 17.6. The van der Waals surface area contributed by atoms with Crippen LogP contribution in [0.1, 0.15) is 48.0 Å². The van der Waals surface area contributed by atoms with Crippen molar-refractivity contribution in [3.05, 3.63) is 64.7 Å². The van der Waals surface area contributed by atoms with Crippen molar-refractivity contribution in [2.75, 3.05) is 24.4 Å². The lowest BCUT2D eigenvalue weighted by molar-refractivity contribution is -0.137. The average molecular weight is 574 g/mol. The van der Waals surface area contributed by atoms with E-state index in [1.165, 1.54) is 30.5 Å². The first-order valence-electron chi connectivity index (χ1n) is 11.6. The molecule has 0 radical (unpaired) electrons. The maximum Gasteiger partial charge on any atom is 0.416 e. The third kappa shape index (κ3) is 5.82. The SMILES string of the molecule is O=S(=O)(Nc1nccs1)c1ccc2c(c1)OCCC2Oc1ccc(C(F)(F)F)cc1C1CCN(Cl)CC1. The molecule has 0 saturated carbocycles. The second-order valence-corrected chi connectivity index (χ2v) is 11.9. The second kappa shape index (κ2) is 10.3. The molecule has 1 unspecified atom stereocenters. The molecule has 5 rings (SSSR count). The van der Waals surface area contributed by atoms with Crippen molar-refractivity contribution in [1.82, 2.24) is 9.40 Å². The number of piperidine rings is 1. The highest BCUT2D eigenvalue weighted by molar-refractivity contribution is 7.93. The minimum Gasteiger partial charge on any atom is -0.493 e. The Morgan fingerprint density at radius 2 is 1.89 bits per heavy atom. The van der Waals surface area contributed by atoms with Crippen molar-refractivity contribution in [1.29, 1.82) is 0 Å². The molecule has 37 heavy (non-hydrogen) atoms. The van der Waals surface area contributed by atoms with Crippen LogP contribution < -0.4 is 14.2 Å². The van der Waals surface area contributed by atoms with Gasteiger partial charge in [0.15, 0.2) is 5.13 Å². The first-order valence-corrected chi connectivity index (χ1v) is 14.3. The van der Waals surface area contributed by atoms with Gasteiger partial charge in [-0.25, -0.2) is 17.8 Å². The van der Waals surface area contributed by atoms with Gasteiger partial charge in [-0.05, 0) is 60.4 Å². The summed E-state index contributed by atoms with van der Waals surface area (Å²) < 4.78 is 82.1. The predicted octanol–water partition coefficient (Wildman–Crippen LogP) is 6.20. The van der Waals surface area contributed by atoms with Crippen LogP contribution in [-0.2, 0) is 16.2 Å². The summed E-state index contributed by atoms with van der Waals surface area (Å²) in [7, 11) is -3.88. The van der Waals surface area contributed by atoms with E-state index in [-0.39, 0.29) is 22.6 Å². The van der Waals surface area contributed by atoms with Gasteiger partial charge in [-0.3, -0.25) is 4.72 Å². The average Bonchev–Trinajstić information content (AvgIpc) is 3.36. The highest BCUT2D eigenvalue weighted by Crippen LogP contribution is 2.43. The van der Waals surface area contributed by atoms with E-state index in [1.807, 2.05) is 0 Å². The van der Waals surface area contributed by atoms with Crippen LogP contribution in [0.2, 0.25) is 0 Å². The summed E-state index contributed by atoms with van der Waals surface area (Å²) in [4.78, 5) is 3.95. The van der Waals surface area contributed by atoms with Crippen LogP contribution in [-0.4, -0.2) is 37.5 Å². The van der Waals surface area contributed by atoms with Crippen LogP contribution in [0, 0.1) is 0 Å². The van der Waals surface area contributed by atoms with E-state index in [2.05, 4.69) is 9.71 Å². The number of nitrogens with one attached hydrogen (secondary N) is 1. The summed E-state index contributed by atoms with van der Waals surface area (Å²) in [6.45, 7) is 1.39. The van der Waals surface area contributed by atoms with Gasteiger partial charge < -0.3 is 9.47 Å². The predicted molar refractivity (Wildman–Crippen MR) is 134 cm³/mol. The van der Waals surface area contributed by atoms with Gasteiger partial charge in [-0.1, -0.05) is 6.07 Å². The Morgan fingerprint density at radius 3 is 2.59 bits per heavy atom. The fourth-order valence-corrected chi connectivity index (χ4v) is 6.54. The van der Waals surface area contributed by atoms with Crippen molar-refractivity contribution in [2.45, 2.75) is 42.4 Å². The largest absolute Gasteiger partial charge is 0.493 e. The molecule has 0 spiro atoms. The molecule has 13 heteroatoms. The zero-order chi connectivity index (χ0) is 26.2. The van der Waals surface area contributed by atoms with Gasteiger partial charge in [0.2, 0.25) is 0 Å². The van der Waals surface area contributed by atoms with Crippen molar-refractivity contribution >= 4 is 38.3 Å². The van der Waals surface area contributed by atoms with E-state index in [0.717, 1.165) is 17.4 Å². The molecule has 7 nitrogen and oxygen atoms in total. The number of sulfonamides is 1. The minimum absolute atomic E-state index is 0.00477. The maximum atomic E-state index is 13.5. The zero-order valence-electron chi connectivity index (χ0n) is 19.4. The molecule has 0 aliphatic carbocycles. The number of ether oxygens (including phenoxy) is 2. The van der Waals surface area contributed by atoms with Gasteiger partial charge in [0.25, 0.3) is 10.0 Å². The highest BCUT2D eigenvalue weighted by atomic mass is 35.5. The molecule has 1 aromatic heterocycles. The Morgan fingerprint density at radius 1 is 1.11 bits per heavy atom. The number of alkyl halides is 3. The molecule has 0 amide bonds. The molecule has 1 N–H and O–H groups in total. The van der Waals surface area contributed by atoms with Crippen molar-refractivity contribution < 1.29 is 31.1 Å². The molecule has 2 aliphatic rings. The van der Waals surface area contributed by atoms with Gasteiger partial charge in [0.1, 0.15) is 17.6 Å². The van der Waals surface area contributed by atoms with E-state index in [1.54, 1.807) is 15.9 Å². The number of benzene rings is 2. The van der Waals surface area contributed by atoms with E-state index < -0.39 is 27.9 Å². The monoisotopic (exact) mass is 573 g/mol. The molecular formula is C24H23ClF3N3O4S2. The van der Waals surface area contributed by atoms with Crippen molar-refractivity contribution in [3.63, 3.8) is 0 Å². The van der Waals surface area contributed by atoms with Gasteiger partial charge in [-0.2, -0.15) is 13.2 Å². The molecular weight excluding hydrogens is 551 g/mol. The van der Waals surface area contributed by atoms with Crippen LogP contribution in [0.4, 0.5) is 18.3 Å². The van der Waals surface area contributed by atoms with Crippen LogP contribution in [0.15, 0.2) is 52.9 Å². The molecule has 2 aliphatic heterocycles. The first kappa shape index (κ1) is 26.1. The van der Waals surface area contributed by atoms with E-state index in [4.69, 9.17) is 21.3 Å². The molecule has 3 heterocycles. The van der Waals surface area contributed by atoms with Gasteiger partial charge >= 0.3 is 6.18 Å². The van der Waals surface area contributed by atoms with E-state index in [0.29, 0.717) is 55.0 Å². The Labute approximate surface area is 221 Å². The van der Waals surface area contributed by atoms with Crippen molar-refractivity contribution in [2.24, 2.45) is 0 Å². The second-order valence-electron chi connectivity index (χ2n) is 8.82. The number of halogens is 4. The lowest BCUT2D eigenvalue weighted by atomic mass is 9.88. The summed E-state index contributed by atoms with van der Waals surface area (Å²) in [6, 6.07) is 8.05. The maximum absolute atomic E-state index is 13.5. The molecule has 3 aromatic rings. The number of thiazole rings is 1. The van der Waals surface area contributed by atoms with Crippen LogP contribution in [0.5, 0.6) is 11.5 Å². The Kier molecular flexibility index (Phi) is 7.27. The zero-order valence-corrected chi connectivity index (χ0v) is 21.8. The number of anilines is 1. The van der Waals surface area contributed by atoms with Crippen molar-refractivity contribution in [3.8, 4) is 11.5 Å². The number of hydrogen-bond acceptors (Lipinski definition) is 7. The van der Waals surface area contributed by atoms with Gasteiger partial charge in [-0.15, -0.1) is 11.3 Å². The van der Waals surface area contributed by atoms with Crippen LogP contribution in [0.25, 0.3) is 0 Å². The number of rotatable bonds is 6. The van der Waals surface area contributed by atoms with E-state index in [9.17, 15) is 21.6 Å². The normalized spacial score (nSPS) is 19.2. The number of hydrogen-bond donors (Lipinski definition) is 1. The van der Waals surface area contributed by atoms with Crippen LogP contribution in [0.3, 0.4) is 0 Å². The van der Waals surface area contributed by atoms with Gasteiger partial charge in [0.05, 0.1) is 17.1 Å². The summed E-state index contributed by atoms with van der Waals surface area (Å²) in [6.07, 6.45) is -1.82. The highest BCUT2D eigenvalue weighted by Gasteiger charge is 2.34. The number of nitrogens with zero attached hydrogens (tertiary/aromatic N) is 2. The summed E-state index contributed by atoms with van der Waals surface area (Å²) in [5.41, 5.74) is 0.401. The molecule has 2 aromatic carbocycles. The topological polar surface area (TPSA) is 80.8 Å². The molecule has 198 valence electrons. The lowest BCUT2D eigenvalue weighted by Crippen LogP contribution is -2.26. The van der Waals surface area contributed by atoms with Crippen LogP contribution >= 0.6 is 23.1 Å². The minimum atomic E-state index is -4.47. The van der Waals surface area contributed by atoms with Gasteiger partial charge in [0, 0.05) is 42.7 Å². The summed E-state index contributed by atoms with van der Waals surface area (Å²) in [5.74, 6) is 0.597. The Hall–Kier alpha value is -2.54. The fourth-order valence-electron chi connectivity index (χ4n) is 4.54.